The van der Waals surface area contributed by atoms with Gasteiger partial charge in [0.2, 0.25) is 0 Å². The third kappa shape index (κ3) is 3.41. The lowest BCUT2D eigenvalue weighted by molar-refractivity contribution is 0.355. The molecule has 104 valence electrons. The van der Waals surface area contributed by atoms with Crippen LogP contribution in [-0.4, -0.2) is 25.5 Å². The average molecular weight is 383 g/mol. The maximum absolute atomic E-state index is 9.76. The highest BCUT2D eigenvalue weighted by Gasteiger charge is 2.04. The Morgan fingerprint density at radius 2 is 1.80 bits per heavy atom. The summed E-state index contributed by atoms with van der Waals surface area (Å²) in [6.07, 6.45) is 1.62. The van der Waals surface area contributed by atoms with Crippen molar-refractivity contribution in [1.29, 1.82) is 0 Å². The summed E-state index contributed by atoms with van der Waals surface area (Å²) in [6.45, 7) is 0. The Morgan fingerprint density at radius 3 is 2.50 bits per heavy atom. The van der Waals surface area contributed by atoms with Crippen molar-refractivity contribution in [3.8, 4) is 17.2 Å². The Kier molecular flexibility index (Phi) is 4.84. The molecule has 0 fully saturated rings. The number of ether oxygens (including phenoxy) is 2. The van der Waals surface area contributed by atoms with E-state index in [2.05, 4.69) is 27.6 Å². The Balaban J connectivity index is 2.29. The second kappa shape index (κ2) is 6.60. The van der Waals surface area contributed by atoms with Gasteiger partial charge >= 0.3 is 0 Å². The van der Waals surface area contributed by atoms with Crippen molar-refractivity contribution < 1.29 is 14.6 Å². The molecule has 5 heteroatoms. The first kappa shape index (κ1) is 14.6. The number of phenolic OH excluding ortho intramolecular Hbond substituents is 1. The van der Waals surface area contributed by atoms with Crippen molar-refractivity contribution in [1.82, 2.24) is 0 Å². The number of methoxy groups -OCH3 is 2. The van der Waals surface area contributed by atoms with E-state index in [-0.39, 0.29) is 5.75 Å². The van der Waals surface area contributed by atoms with Gasteiger partial charge in [-0.1, -0.05) is 0 Å². The standard InChI is InChI=1S/C15H14INO3/c1-19-14-6-4-12(8-15(14)20-2)17-9-10-7-11(16)3-5-13(10)18/h3-9,18H,1-2H3. The van der Waals surface area contributed by atoms with E-state index in [1.807, 2.05) is 18.2 Å². The van der Waals surface area contributed by atoms with Crippen LogP contribution in [0.1, 0.15) is 5.56 Å². The lowest BCUT2D eigenvalue weighted by Gasteiger charge is -2.07. The van der Waals surface area contributed by atoms with Crippen molar-refractivity contribution in [2.45, 2.75) is 0 Å². The minimum Gasteiger partial charge on any atom is -0.507 e. The second-order valence-corrected chi connectivity index (χ2v) is 5.25. The predicted molar refractivity (Wildman–Crippen MR) is 87.6 cm³/mol. The Hall–Kier alpha value is -1.76. The van der Waals surface area contributed by atoms with Crippen LogP contribution in [0.4, 0.5) is 5.69 Å². The molecule has 0 atom stereocenters. The van der Waals surface area contributed by atoms with Crippen LogP contribution >= 0.6 is 22.6 Å². The molecule has 0 saturated heterocycles. The molecule has 0 aliphatic rings. The molecule has 0 amide bonds. The summed E-state index contributed by atoms with van der Waals surface area (Å²) in [7, 11) is 3.17. The third-order valence-electron chi connectivity index (χ3n) is 2.71. The summed E-state index contributed by atoms with van der Waals surface area (Å²) in [5.74, 6) is 1.48. The van der Waals surface area contributed by atoms with Crippen LogP contribution < -0.4 is 9.47 Å². The van der Waals surface area contributed by atoms with E-state index in [0.29, 0.717) is 17.1 Å². The molecule has 0 unspecified atom stereocenters. The van der Waals surface area contributed by atoms with Crippen LogP contribution in [0.25, 0.3) is 0 Å². The molecule has 1 N–H and O–H groups in total. The zero-order valence-electron chi connectivity index (χ0n) is 11.1. The lowest BCUT2D eigenvalue weighted by Crippen LogP contribution is -1.89. The molecule has 0 aliphatic carbocycles. The van der Waals surface area contributed by atoms with E-state index in [1.165, 1.54) is 0 Å². The van der Waals surface area contributed by atoms with E-state index in [4.69, 9.17) is 9.47 Å². The molecule has 20 heavy (non-hydrogen) atoms. The van der Waals surface area contributed by atoms with Crippen LogP contribution in [0.5, 0.6) is 17.2 Å². The molecule has 4 nitrogen and oxygen atoms in total. The number of hydrogen-bond donors (Lipinski definition) is 1. The molecule has 0 aliphatic heterocycles. The molecule has 2 aromatic rings. The first-order valence-electron chi connectivity index (χ1n) is 5.88. The molecular formula is C15H14INO3. The molecule has 0 spiro atoms. The van der Waals surface area contributed by atoms with Gasteiger partial charge in [0.25, 0.3) is 0 Å². The minimum absolute atomic E-state index is 0.203. The van der Waals surface area contributed by atoms with Crippen molar-refractivity contribution in [2.24, 2.45) is 4.99 Å². The fourth-order valence-electron chi connectivity index (χ4n) is 1.68. The van der Waals surface area contributed by atoms with Gasteiger partial charge in [0, 0.05) is 21.4 Å². The van der Waals surface area contributed by atoms with Crippen LogP contribution in [0.3, 0.4) is 0 Å². The molecule has 0 aromatic heterocycles. The zero-order valence-corrected chi connectivity index (χ0v) is 13.3. The summed E-state index contributed by atoms with van der Waals surface area (Å²) in [5, 5.41) is 9.76. The maximum Gasteiger partial charge on any atom is 0.162 e. The van der Waals surface area contributed by atoms with Crippen LogP contribution in [0.2, 0.25) is 0 Å². The molecular weight excluding hydrogens is 369 g/mol. The number of aromatic hydroxyl groups is 1. The van der Waals surface area contributed by atoms with Gasteiger partial charge in [0.1, 0.15) is 5.75 Å². The highest BCUT2D eigenvalue weighted by Crippen LogP contribution is 2.31. The molecule has 0 saturated carbocycles. The summed E-state index contributed by atoms with van der Waals surface area (Å²) in [6, 6.07) is 10.7. The third-order valence-corrected chi connectivity index (χ3v) is 3.38. The quantitative estimate of drug-likeness (QED) is 0.646. The van der Waals surface area contributed by atoms with Gasteiger partial charge in [0.15, 0.2) is 11.5 Å². The zero-order chi connectivity index (χ0) is 14.5. The lowest BCUT2D eigenvalue weighted by atomic mass is 10.2. The molecule has 2 rings (SSSR count). The number of halogens is 1. The summed E-state index contributed by atoms with van der Waals surface area (Å²) >= 11 is 2.19. The van der Waals surface area contributed by atoms with Crippen LogP contribution in [0, 0.1) is 3.57 Å². The molecule has 0 heterocycles. The first-order valence-corrected chi connectivity index (χ1v) is 6.96. The second-order valence-electron chi connectivity index (χ2n) is 4.00. The first-order chi connectivity index (χ1) is 9.63. The number of nitrogens with zero attached hydrogens (tertiary/aromatic N) is 1. The Morgan fingerprint density at radius 1 is 1.05 bits per heavy atom. The van der Waals surface area contributed by atoms with Gasteiger partial charge in [-0.05, 0) is 52.9 Å². The minimum atomic E-state index is 0.203. The Bertz CT molecular complexity index is 641. The topological polar surface area (TPSA) is 51.0 Å². The predicted octanol–water partition coefficient (Wildman–Crippen LogP) is 3.76. The van der Waals surface area contributed by atoms with E-state index in [1.54, 1.807) is 38.6 Å². The monoisotopic (exact) mass is 383 g/mol. The summed E-state index contributed by atoms with van der Waals surface area (Å²) in [4.78, 5) is 4.34. The SMILES string of the molecule is COc1ccc(N=Cc2cc(I)ccc2O)cc1OC. The number of hydrogen-bond acceptors (Lipinski definition) is 4. The summed E-state index contributed by atoms with van der Waals surface area (Å²) < 4.78 is 11.4. The highest BCUT2D eigenvalue weighted by molar-refractivity contribution is 14.1. The molecule has 2 aromatic carbocycles. The fourth-order valence-corrected chi connectivity index (χ4v) is 2.19. The van der Waals surface area contributed by atoms with Gasteiger partial charge in [-0.15, -0.1) is 0 Å². The number of benzene rings is 2. The van der Waals surface area contributed by atoms with Gasteiger partial charge in [0.05, 0.1) is 19.9 Å². The highest BCUT2D eigenvalue weighted by atomic mass is 127. The largest absolute Gasteiger partial charge is 0.507 e. The van der Waals surface area contributed by atoms with Crippen molar-refractivity contribution in [3.05, 3.63) is 45.5 Å². The van der Waals surface area contributed by atoms with Crippen LogP contribution in [-0.2, 0) is 0 Å². The average Bonchev–Trinajstić information content (AvgIpc) is 2.47. The smallest absolute Gasteiger partial charge is 0.162 e. The van der Waals surface area contributed by atoms with E-state index in [0.717, 1.165) is 9.26 Å². The maximum atomic E-state index is 9.76. The van der Waals surface area contributed by atoms with Gasteiger partial charge in [-0.3, -0.25) is 4.99 Å². The van der Waals surface area contributed by atoms with Gasteiger partial charge < -0.3 is 14.6 Å². The van der Waals surface area contributed by atoms with Gasteiger partial charge in [-0.2, -0.15) is 0 Å². The fraction of sp³-hybridized carbons (Fsp3) is 0.133. The number of aliphatic imine (C=N–C) groups is 1. The number of phenols is 1. The normalized spacial score (nSPS) is 10.8. The molecule has 0 bridgehead atoms. The van der Waals surface area contributed by atoms with Crippen molar-refractivity contribution in [2.75, 3.05) is 14.2 Å². The summed E-state index contributed by atoms with van der Waals surface area (Å²) in [5.41, 5.74) is 1.40. The van der Waals surface area contributed by atoms with Crippen molar-refractivity contribution in [3.63, 3.8) is 0 Å². The Labute approximate surface area is 131 Å². The molecule has 0 radical (unpaired) electrons. The van der Waals surface area contributed by atoms with Crippen molar-refractivity contribution >= 4 is 34.5 Å². The van der Waals surface area contributed by atoms with E-state index in [9.17, 15) is 5.11 Å². The number of rotatable bonds is 4. The van der Waals surface area contributed by atoms with E-state index < -0.39 is 0 Å². The van der Waals surface area contributed by atoms with Crippen LogP contribution in [0.15, 0.2) is 41.4 Å². The van der Waals surface area contributed by atoms with E-state index >= 15 is 0 Å². The van der Waals surface area contributed by atoms with Gasteiger partial charge in [-0.25, -0.2) is 0 Å².